The van der Waals surface area contributed by atoms with Gasteiger partial charge in [0, 0.05) is 24.2 Å². The quantitative estimate of drug-likeness (QED) is 0.554. The van der Waals surface area contributed by atoms with Crippen LogP contribution < -0.4 is 11.1 Å². The first-order valence-electron chi connectivity index (χ1n) is 6.64. The number of hydrogen-bond donors (Lipinski definition) is 3. The maximum atomic E-state index is 10.7. The molecule has 0 bridgehead atoms. The van der Waals surface area contributed by atoms with E-state index >= 15 is 0 Å². The average Bonchev–Trinajstić information content (AvgIpc) is 2.86. The van der Waals surface area contributed by atoms with Crippen molar-refractivity contribution < 1.29 is 4.92 Å². The van der Waals surface area contributed by atoms with E-state index in [1.54, 1.807) is 6.07 Å². The van der Waals surface area contributed by atoms with Crippen LogP contribution in [-0.2, 0) is 0 Å². The molecule has 1 heterocycles. The van der Waals surface area contributed by atoms with E-state index in [-0.39, 0.29) is 11.2 Å². The van der Waals surface area contributed by atoms with Crippen LogP contribution in [0.3, 0.4) is 0 Å². The summed E-state index contributed by atoms with van der Waals surface area (Å²) in [5.41, 5.74) is 7.31. The summed E-state index contributed by atoms with van der Waals surface area (Å²) in [5, 5.41) is 13.9. The summed E-state index contributed by atoms with van der Waals surface area (Å²) in [6.45, 7) is 4.70. The van der Waals surface area contributed by atoms with E-state index in [0.717, 1.165) is 12.8 Å². The van der Waals surface area contributed by atoms with Crippen molar-refractivity contribution in [3.05, 3.63) is 28.3 Å². The maximum absolute atomic E-state index is 10.7. The molecule has 2 rings (SSSR count). The zero-order valence-corrected chi connectivity index (χ0v) is 11.6. The molecule has 0 amide bonds. The molecule has 0 unspecified atom stereocenters. The molecule has 20 heavy (non-hydrogen) atoms. The molecule has 7 nitrogen and oxygen atoms in total. The van der Waals surface area contributed by atoms with E-state index in [0.29, 0.717) is 23.5 Å². The van der Waals surface area contributed by atoms with Crippen LogP contribution in [0.25, 0.3) is 11.0 Å². The monoisotopic (exact) mass is 277 g/mol. The van der Waals surface area contributed by atoms with Crippen molar-refractivity contribution in [1.82, 2.24) is 9.97 Å². The summed E-state index contributed by atoms with van der Waals surface area (Å²) in [5.74, 6) is 0.581. The Balaban J connectivity index is 2.18. The highest BCUT2D eigenvalue weighted by atomic mass is 16.6. The Kier molecular flexibility index (Phi) is 3.89. The van der Waals surface area contributed by atoms with Gasteiger partial charge in [-0.15, -0.1) is 0 Å². The van der Waals surface area contributed by atoms with Crippen LogP contribution in [-0.4, -0.2) is 27.0 Å². The van der Waals surface area contributed by atoms with Crippen molar-refractivity contribution >= 4 is 22.7 Å². The number of imidazole rings is 1. The minimum Gasteiger partial charge on any atom is -0.354 e. The lowest BCUT2D eigenvalue weighted by Crippen LogP contribution is -2.45. The number of nitrogens with one attached hydrogen (secondary N) is 2. The fourth-order valence-corrected chi connectivity index (χ4v) is 1.95. The number of aromatic nitrogens is 2. The minimum absolute atomic E-state index is 0.0444. The molecular weight excluding hydrogens is 258 g/mol. The molecule has 0 fully saturated rings. The topological polar surface area (TPSA) is 110 Å². The number of benzene rings is 1. The predicted molar refractivity (Wildman–Crippen MR) is 78.7 cm³/mol. The summed E-state index contributed by atoms with van der Waals surface area (Å²) in [6, 6.07) is 4.55. The number of nitro groups is 1. The predicted octanol–water partition coefficient (Wildman–Crippen LogP) is 2.40. The fourth-order valence-electron chi connectivity index (χ4n) is 1.95. The second-order valence-corrected chi connectivity index (χ2v) is 4.97. The van der Waals surface area contributed by atoms with Gasteiger partial charge in [0.25, 0.3) is 5.69 Å². The van der Waals surface area contributed by atoms with E-state index in [2.05, 4.69) is 15.3 Å². The van der Waals surface area contributed by atoms with Gasteiger partial charge in [-0.1, -0.05) is 13.8 Å². The molecular formula is C13H19N5O2. The van der Waals surface area contributed by atoms with Gasteiger partial charge in [0.15, 0.2) is 0 Å². The van der Waals surface area contributed by atoms with Crippen LogP contribution in [0.1, 0.15) is 26.7 Å². The summed E-state index contributed by atoms with van der Waals surface area (Å²) < 4.78 is 0. The molecule has 7 heteroatoms. The Hall–Kier alpha value is -2.15. The lowest BCUT2D eigenvalue weighted by molar-refractivity contribution is -0.384. The number of nitro benzene ring substituents is 1. The number of fused-ring (bicyclic) bond motifs is 1. The molecule has 0 spiro atoms. The highest BCUT2D eigenvalue weighted by molar-refractivity contribution is 5.79. The van der Waals surface area contributed by atoms with Crippen molar-refractivity contribution in [3.63, 3.8) is 0 Å². The molecule has 0 aliphatic heterocycles. The van der Waals surface area contributed by atoms with Crippen molar-refractivity contribution in [2.75, 3.05) is 11.9 Å². The molecule has 2 aromatic rings. The number of aromatic amines is 1. The smallest absolute Gasteiger partial charge is 0.271 e. The van der Waals surface area contributed by atoms with Crippen LogP contribution in [0.2, 0.25) is 0 Å². The lowest BCUT2D eigenvalue weighted by Gasteiger charge is -2.26. The maximum Gasteiger partial charge on any atom is 0.271 e. The highest BCUT2D eigenvalue weighted by Crippen LogP contribution is 2.21. The van der Waals surface area contributed by atoms with Gasteiger partial charge >= 0.3 is 0 Å². The van der Waals surface area contributed by atoms with Crippen molar-refractivity contribution in [3.8, 4) is 0 Å². The zero-order chi connectivity index (χ0) is 14.8. The Morgan fingerprint density at radius 3 is 2.75 bits per heavy atom. The van der Waals surface area contributed by atoms with E-state index < -0.39 is 4.92 Å². The van der Waals surface area contributed by atoms with Crippen LogP contribution in [0, 0.1) is 10.1 Å². The third-order valence-corrected chi connectivity index (χ3v) is 3.69. The summed E-state index contributed by atoms with van der Waals surface area (Å²) in [4.78, 5) is 17.7. The van der Waals surface area contributed by atoms with E-state index in [1.165, 1.54) is 12.1 Å². The first kappa shape index (κ1) is 14.3. The fraction of sp³-hybridized carbons (Fsp3) is 0.462. The molecule has 0 saturated heterocycles. The highest BCUT2D eigenvalue weighted by Gasteiger charge is 2.20. The van der Waals surface area contributed by atoms with E-state index in [4.69, 9.17) is 5.73 Å². The van der Waals surface area contributed by atoms with Crippen molar-refractivity contribution in [2.24, 2.45) is 5.73 Å². The number of anilines is 1. The van der Waals surface area contributed by atoms with Gasteiger partial charge in [0.05, 0.1) is 16.0 Å². The summed E-state index contributed by atoms with van der Waals surface area (Å²) in [7, 11) is 0. The second kappa shape index (κ2) is 5.46. The number of hydrogen-bond acceptors (Lipinski definition) is 5. The van der Waals surface area contributed by atoms with Crippen molar-refractivity contribution in [1.29, 1.82) is 0 Å². The third-order valence-electron chi connectivity index (χ3n) is 3.69. The molecule has 0 aliphatic rings. The molecule has 0 saturated carbocycles. The molecule has 1 aromatic carbocycles. The lowest BCUT2D eigenvalue weighted by atomic mass is 9.94. The Morgan fingerprint density at radius 1 is 1.45 bits per heavy atom. The normalized spacial score (nSPS) is 11.8. The number of non-ortho nitro benzene ring substituents is 1. The Morgan fingerprint density at radius 2 is 2.15 bits per heavy atom. The van der Waals surface area contributed by atoms with Crippen LogP contribution in [0.4, 0.5) is 11.6 Å². The summed E-state index contributed by atoms with van der Waals surface area (Å²) >= 11 is 0. The van der Waals surface area contributed by atoms with Crippen LogP contribution in [0.15, 0.2) is 18.2 Å². The van der Waals surface area contributed by atoms with E-state index in [1.807, 2.05) is 13.8 Å². The van der Waals surface area contributed by atoms with Gasteiger partial charge < -0.3 is 16.0 Å². The largest absolute Gasteiger partial charge is 0.354 e. The first-order chi connectivity index (χ1) is 9.47. The first-order valence-corrected chi connectivity index (χ1v) is 6.64. The van der Waals surface area contributed by atoms with Gasteiger partial charge in [0.2, 0.25) is 5.95 Å². The van der Waals surface area contributed by atoms with Gasteiger partial charge in [-0.2, -0.15) is 0 Å². The number of rotatable bonds is 6. The standard InChI is InChI=1S/C13H19N5O2/c1-3-13(14,4-2)8-15-12-16-10-6-5-9(18(19)20)7-11(10)17-12/h5-7H,3-4,8,14H2,1-2H3,(H2,15,16,17). The SMILES string of the molecule is CCC(N)(CC)CNc1nc2ccc([N+](=O)[O-])cc2[nH]1. The van der Waals surface area contributed by atoms with Crippen LogP contribution >= 0.6 is 0 Å². The minimum atomic E-state index is -0.424. The van der Waals surface area contributed by atoms with Gasteiger partial charge in [-0.3, -0.25) is 10.1 Å². The molecule has 0 radical (unpaired) electrons. The second-order valence-electron chi connectivity index (χ2n) is 4.97. The van der Waals surface area contributed by atoms with Gasteiger partial charge in [0.1, 0.15) is 0 Å². The molecule has 0 atom stereocenters. The van der Waals surface area contributed by atoms with Crippen LogP contribution in [0.5, 0.6) is 0 Å². The Labute approximate surface area is 116 Å². The molecule has 108 valence electrons. The molecule has 0 aliphatic carbocycles. The zero-order valence-electron chi connectivity index (χ0n) is 11.6. The number of nitrogens with two attached hydrogens (primary N) is 1. The van der Waals surface area contributed by atoms with E-state index in [9.17, 15) is 10.1 Å². The van der Waals surface area contributed by atoms with Crippen molar-refractivity contribution in [2.45, 2.75) is 32.2 Å². The molecule has 1 aromatic heterocycles. The van der Waals surface area contributed by atoms with Gasteiger partial charge in [-0.25, -0.2) is 4.98 Å². The third kappa shape index (κ3) is 2.88. The average molecular weight is 277 g/mol. The van der Waals surface area contributed by atoms with Gasteiger partial charge in [-0.05, 0) is 18.9 Å². The summed E-state index contributed by atoms with van der Waals surface area (Å²) in [6.07, 6.45) is 1.73. The number of H-pyrrole nitrogens is 1. The number of nitrogens with zero attached hydrogens (tertiary/aromatic N) is 2. The molecule has 4 N–H and O–H groups in total. The Bertz CT molecular complexity index is 618.